The summed E-state index contributed by atoms with van der Waals surface area (Å²) in [7, 11) is 0. The highest BCUT2D eigenvalue weighted by Crippen LogP contribution is 2.72. The molecule has 4 saturated heterocycles. The molecular weight excluding hydrogens is 508 g/mol. The number of aliphatic hydroxyl groups is 2. The molecule has 5 fully saturated rings. The van der Waals surface area contributed by atoms with Crippen LogP contribution >= 0.6 is 0 Å². The normalized spacial score (nSPS) is 52.6. The first-order chi connectivity index (χ1) is 18.6. The third kappa shape index (κ3) is 3.42. The molecule has 8 aliphatic rings. The fourth-order valence-corrected chi connectivity index (χ4v) is 8.08. The SMILES string of the molecule is CC1=C[C@H]2O[C@@H]3C[C@H]4OC(=O)/C=C\C=CC56OC/C(=C\C(=O)OC[C@@]2(CC1)[C@]4(C)[C@]31CO1)CC5OC(O)C6O. The van der Waals surface area contributed by atoms with Gasteiger partial charge < -0.3 is 38.6 Å². The maximum absolute atomic E-state index is 13.2. The van der Waals surface area contributed by atoms with Crippen LogP contribution in [0.1, 0.15) is 39.5 Å². The van der Waals surface area contributed by atoms with Crippen molar-refractivity contribution in [2.24, 2.45) is 10.8 Å². The van der Waals surface area contributed by atoms with Gasteiger partial charge in [0, 0.05) is 30.4 Å². The van der Waals surface area contributed by atoms with Gasteiger partial charge in [-0.15, -0.1) is 0 Å². The average Bonchev–Trinajstić information content (AvgIpc) is 3.64. The number of allylic oxidation sites excluding steroid dienone is 3. The van der Waals surface area contributed by atoms with Gasteiger partial charge in [0.15, 0.2) is 6.29 Å². The molecule has 6 heterocycles. The van der Waals surface area contributed by atoms with Crippen LogP contribution in [0.25, 0.3) is 0 Å². The lowest BCUT2D eigenvalue weighted by atomic mass is 9.51. The second kappa shape index (κ2) is 8.58. The molecule has 10 atom stereocenters. The zero-order chi connectivity index (χ0) is 27.2. The van der Waals surface area contributed by atoms with Crippen LogP contribution in [0.15, 0.2) is 47.6 Å². The lowest BCUT2D eigenvalue weighted by Gasteiger charge is -2.58. The predicted octanol–water partition coefficient (Wildman–Crippen LogP) is 1.40. The number of hydrogen-bond acceptors (Lipinski definition) is 10. The van der Waals surface area contributed by atoms with E-state index in [1.807, 2.05) is 0 Å². The van der Waals surface area contributed by atoms with Crippen molar-refractivity contribution in [3.8, 4) is 0 Å². The van der Waals surface area contributed by atoms with Gasteiger partial charge in [-0.2, -0.15) is 0 Å². The molecule has 10 nitrogen and oxygen atoms in total. The number of carbonyl (C=O) groups excluding carboxylic acids is 2. The Hall–Kier alpha value is -2.34. The smallest absolute Gasteiger partial charge is 0.331 e. The third-order valence-corrected chi connectivity index (χ3v) is 10.5. The summed E-state index contributed by atoms with van der Waals surface area (Å²) in [6.45, 7) is 4.81. The summed E-state index contributed by atoms with van der Waals surface area (Å²) in [6, 6.07) is 0. The van der Waals surface area contributed by atoms with Gasteiger partial charge in [0.05, 0.1) is 36.9 Å². The number of ether oxygens (including phenoxy) is 6. The molecule has 210 valence electrons. The van der Waals surface area contributed by atoms with Crippen LogP contribution in [0.5, 0.6) is 0 Å². The Morgan fingerprint density at radius 1 is 1.00 bits per heavy atom. The first-order valence-electron chi connectivity index (χ1n) is 13.7. The van der Waals surface area contributed by atoms with E-state index in [0.717, 1.165) is 6.42 Å². The van der Waals surface area contributed by atoms with E-state index in [1.54, 1.807) is 12.2 Å². The fourth-order valence-electron chi connectivity index (χ4n) is 8.08. The van der Waals surface area contributed by atoms with E-state index in [9.17, 15) is 19.8 Å². The van der Waals surface area contributed by atoms with E-state index in [4.69, 9.17) is 28.4 Å². The van der Waals surface area contributed by atoms with E-state index in [1.165, 1.54) is 23.8 Å². The van der Waals surface area contributed by atoms with Crippen molar-refractivity contribution in [2.45, 2.75) is 87.5 Å². The quantitative estimate of drug-likeness (QED) is 0.263. The molecule has 0 amide bonds. The van der Waals surface area contributed by atoms with Crippen molar-refractivity contribution in [1.29, 1.82) is 0 Å². The Morgan fingerprint density at radius 2 is 1.82 bits per heavy atom. The monoisotopic (exact) mass is 542 g/mol. The zero-order valence-electron chi connectivity index (χ0n) is 22.0. The fraction of sp³-hybridized carbons (Fsp3) is 0.655. The number of aliphatic hydroxyl groups excluding tert-OH is 2. The van der Waals surface area contributed by atoms with E-state index in [0.29, 0.717) is 25.0 Å². The summed E-state index contributed by atoms with van der Waals surface area (Å²) in [4.78, 5) is 26.2. The Bertz CT molecular complexity index is 1210. The van der Waals surface area contributed by atoms with Gasteiger partial charge >= 0.3 is 11.9 Å². The molecule has 4 bridgehead atoms. The van der Waals surface area contributed by atoms with E-state index in [2.05, 4.69) is 19.9 Å². The molecular formula is C29H34O10. The maximum Gasteiger partial charge on any atom is 0.331 e. The minimum Gasteiger partial charge on any atom is -0.462 e. The average molecular weight is 543 g/mol. The van der Waals surface area contributed by atoms with Gasteiger partial charge in [-0.1, -0.05) is 30.7 Å². The van der Waals surface area contributed by atoms with Crippen molar-refractivity contribution in [2.75, 3.05) is 19.8 Å². The zero-order valence-corrected chi connectivity index (χ0v) is 22.0. The number of carbonyl (C=O) groups is 2. The largest absolute Gasteiger partial charge is 0.462 e. The van der Waals surface area contributed by atoms with Crippen LogP contribution in [-0.4, -0.2) is 90.0 Å². The minimum absolute atomic E-state index is 0.0477. The van der Waals surface area contributed by atoms with Gasteiger partial charge in [0.1, 0.15) is 30.0 Å². The molecule has 0 aromatic rings. The number of hydrogen-bond donors (Lipinski definition) is 2. The first-order valence-corrected chi connectivity index (χ1v) is 13.7. The van der Waals surface area contributed by atoms with Crippen molar-refractivity contribution < 1.29 is 48.2 Å². The van der Waals surface area contributed by atoms with Crippen LogP contribution in [0.2, 0.25) is 0 Å². The summed E-state index contributed by atoms with van der Waals surface area (Å²) in [5.41, 5.74) is -1.37. The van der Waals surface area contributed by atoms with E-state index in [-0.39, 0.29) is 31.8 Å². The summed E-state index contributed by atoms with van der Waals surface area (Å²) in [6.07, 6.45) is 7.25. The lowest BCUT2D eigenvalue weighted by Crippen LogP contribution is -2.66. The summed E-state index contributed by atoms with van der Waals surface area (Å²) in [5.74, 6) is -1.04. The maximum atomic E-state index is 13.2. The molecule has 4 unspecified atom stereocenters. The summed E-state index contributed by atoms with van der Waals surface area (Å²) in [5, 5.41) is 20.9. The highest BCUT2D eigenvalue weighted by Gasteiger charge is 2.83. The van der Waals surface area contributed by atoms with Crippen molar-refractivity contribution >= 4 is 11.9 Å². The molecule has 0 aromatic heterocycles. The second-order valence-electron chi connectivity index (χ2n) is 12.2. The third-order valence-electron chi connectivity index (χ3n) is 10.5. The van der Waals surface area contributed by atoms with Gasteiger partial charge in [0.2, 0.25) is 0 Å². The molecule has 2 aliphatic carbocycles. The molecule has 39 heavy (non-hydrogen) atoms. The first kappa shape index (κ1) is 25.6. The Kier molecular flexibility index (Phi) is 5.64. The van der Waals surface area contributed by atoms with Crippen molar-refractivity contribution in [3.05, 3.63) is 47.6 Å². The highest BCUT2D eigenvalue weighted by atomic mass is 16.7. The highest BCUT2D eigenvalue weighted by molar-refractivity contribution is 5.83. The molecule has 1 saturated carbocycles. The molecule has 10 heteroatoms. The van der Waals surface area contributed by atoms with Crippen LogP contribution in [0.4, 0.5) is 0 Å². The number of fused-ring (bicyclic) bond motifs is 7. The Morgan fingerprint density at radius 3 is 2.62 bits per heavy atom. The van der Waals surface area contributed by atoms with Crippen LogP contribution < -0.4 is 0 Å². The van der Waals surface area contributed by atoms with Crippen LogP contribution in [0.3, 0.4) is 0 Å². The molecule has 0 radical (unpaired) electrons. The van der Waals surface area contributed by atoms with Gasteiger partial charge in [-0.3, -0.25) is 0 Å². The standard InChI is InChI=1S/C29H34O10/c1-16-6-8-27-14-34-23(31)11-17-10-20-28(35-13-17,24(32)25(33)39-20)7-4-3-5-22(30)38-18-12-21(37-19(27)9-16)29(15-36-29)26(18,27)2/h3-5,7,9,11,18-21,24-25,32-33H,6,8,10,12-15H2,1-2H3/b5-3-,7-4?,17-11-/t18-,19-,20?,21-,24?,25?,26-,27-,28?,29+/m1/s1. The van der Waals surface area contributed by atoms with Crippen LogP contribution in [-0.2, 0) is 38.0 Å². The predicted molar refractivity (Wildman–Crippen MR) is 133 cm³/mol. The summed E-state index contributed by atoms with van der Waals surface area (Å²) >= 11 is 0. The van der Waals surface area contributed by atoms with Crippen molar-refractivity contribution in [3.63, 3.8) is 0 Å². The van der Waals surface area contributed by atoms with E-state index >= 15 is 0 Å². The molecule has 3 spiro atoms. The van der Waals surface area contributed by atoms with Gasteiger partial charge in [-0.05, 0) is 31.4 Å². The molecule has 2 N–H and O–H groups in total. The Labute approximate surface area is 226 Å². The van der Waals surface area contributed by atoms with Gasteiger partial charge in [0.25, 0.3) is 0 Å². The topological polar surface area (TPSA) is 133 Å². The lowest BCUT2D eigenvalue weighted by molar-refractivity contribution is -0.232. The number of rotatable bonds is 0. The Balaban J connectivity index is 1.29. The molecule has 6 aliphatic heterocycles. The number of epoxide rings is 1. The summed E-state index contributed by atoms with van der Waals surface area (Å²) < 4.78 is 36.4. The molecule has 8 rings (SSSR count). The second-order valence-corrected chi connectivity index (χ2v) is 12.2. The number of esters is 2. The minimum atomic E-state index is -1.45. The van der Waals surface area contributed by atoms with Gasteiger partial charge in [-0.25, -0.2) is 9.59 Å². The molecule has 0 aromatic carbocycles. The van der Waals surface area contributed by atoms with Crippen LogP contribution in [0, 0.1) is 10.8 Å². The van der Waals surface area contributed by atoms with Crippen molar-refractivity contribution in [1.82, 2.24) is 0 Å². The van der Waals surface area contributed by atoms with E-state index < -0.39 is 58.6 Å².